The zero-order valence-corrected chi connectivity index (χ0v) is 37.3. The number of carbonyl (C=O) groups excluding carboxylic acids is 1. The van der Waals surface area contributed by atoms with Gasteiger partial charge in [-0.15, -0.1) is 0 Å². The summed E-state index contributed by atoms with van der Waals surface area (Å²) in [6, 6.07) is -0.945. The molecule has 14 heteroatoms. The van der Waals surface area contributed by atoms with Crippen molar-refractivity contribution in [1.29, 1.82) is 0 Å². The number of amides is 1. The highest BCUT2D eigenvalue weighted by atomic mass is 16.7. The van der Waals surface area contributed by atoms with Crippen LogP contribution in [-0.4, -0.2) is 140 Å². The Hall–Kier alpha value is -2.57. The minimum absolute atomic E-state index is 0.251. The van der Waals surface area contributed by atoms with Crippen molar-refractivity contribution in [3.63, 3.8) is 0 Å². The van der Waals surface area contributed by atoms with Gasteiger partial charge in [0.25, 0.3) is 0 Å². The van der Waals surface area contributed by atoms with E-state index in [0.29, 0.717) is 12.8 Å². The molecule has 0 spiro atoms. The molecule has 0 aromatic carbocycles. The van der Waals surface area contributed by atoms with Crippen LogP contribution in [0.3, 0.4) is 0 Å². The van der Waals surface area contributed by atoms with Crippen LogP contribution in [-0.2, 0) is 23.7 Å². The van der Waals surface area contributed by atoms with Crippen LogP contribution >= 0.6 is 0 Å². The molecule has 0 aliphatic carbocycles. The second-order valence-corrected chi connectivity index (χ2v) is 16.2. The first kappa shape index (κ1) is 55.6. The third-order valence-electron chi connectivity index (χ3n) is 10.9. The van der Waals surface area contributed by atoms with Crippen molar-refractivity contribution in [3.05, 3.63) is 72.9 Å². The van der Waals surface area contributed by atoms with Crippen molar-refractivity contribution in [3.8, 4) is 0 Å². The molecule has 0 saturated carbocycles. The van der Waals surface area contributed by atoms with Gasteiger partial charge in [-0.05, 0) is 77.6 Å². The maximum atomic E-state index is 13.1. The van der Waals surface area contributed by atoms with Gasteiger partial charge in [0.05, 0.1) is 32.0 Å². The molecule has 9 N–H and O–H groups in total. The molecule has 2 fully saturated rings. The first-order valence-corrected chi connectivity index (χ1v) is 23.1. The zero-order valence-electron chi connectivity index (χ0n) is 37.3. The van der Waals surface area contributed by atoms with Crippen LogP contribution in [0.4, 0.5) is 0 Å². The van der Waals surface area contributed by atoms with Crippen molar-refractivity contribution in [2.24, 2.45) is 0 Å². The number of hydrogen-bond acceptors (Lipinski definition) is 13. The number of nitrogens with one attached hydrogen (secondary N) is 1. The average molecular weight is 880 g/mol. The highest BCUT2D eigenvalue weighted by molar-refractivity contribution is 5.76. The van der Waals surface area contributed by atoms with Crippen LogP contribution in [0.1, 0.15) is 129 Å². The van der Waals surface area contributed by atoms with Crippen LogP contribution in [0.15, 0.2) is 72.9 Å². The van der Waals surface area contributed by atoms with Gasteiger partial charge < -0.3 is 65.1 Å². The van der Waals surface area contributed by atoms with E-state index in [4.69, 9.17) is 18.9 Å². The van der Waals surface area contributed by atoms with Crippen LogP contribution in [0.2, 0.25) is 0 Å². The Labute approximate surface area is 370 Å². The molecule has 2 rings (SSSR count). The second-order valence-electron chi connectivity index (χ2n) is 16.2. The summed E-state index contributed by atoms with van der Waals surface area (Å²) in [5.74, 6) is -0.274. The number of unbranched alkanes of at least 4 members (excludes halogenated alkanes) is 11. The lowest BCUT2D eigenvalue weighted by Crippen LogP contribution is -2.65. The molecule has 12 unspecified atom stereocenters. The monoisotopic (exact) mass is 880 g/mol. The van der Waals surface area contributed by atoms with Gasteiger partial charge >= 0.3 is 0 Å². The molecule has 0 aromatic heterocycles. The number of aliphatic hydroxyl groups is 8. The minimum Gasteiger partial charge on any atom is -0.394 e. The predicted octanol–water partition coefficient (Wildman–Crippen LogP) is 4.87. The van der Waals surface area contributed by atoms with E-state index in [1.165, 1.54) is 25.7 Å². The largest absolute Gasteiger partial charge is 0.394 e. The quantitative estimate of drug-likeness (QED) is 0.0317. The summed E-state index contributed by atoms with van der Waals surface area (Å²) in [6.07, 6.45) is 25.5. The Bertz CT molecular complexity index is 1320. The molecule has 2 saturated heterocycles. The fourth-order valence-electron chi connectivity index (χ4n) is 7.10. The number of ether oxygens (including phenoxy) is 4. The van der Waals surface area contributed by atoms with Gasteiger partial charge in [-0.2, -0.15) is 0 Å². The van der Waals surface area contributed by atoms with Gasteiger partial charge in [-0.3, -0.25) is 4.79 Å². The number of rotatable bonds is 33. The van der Waals surface area contributed by atoms with Crippen LogP contribution in [0.25, 0.3) is 0 Å². The number of allylic oxidation sites excluding steroid dienone is 11. The smallest absolute Gasteiger partial charge is 0.220 e. The molecule has 1 amide bonds. The summed E-state index contributed by atoms with van der Waals surface area (Å²) in [6.45, 7) is 2.44. The lowest BCUT2D eigenvalue weighted by molar-refractivity contribution is -0.359. The van der Waals surface area contributed by atoms with Crippen molar-refractivity contribution in [1.82, 2.24) is 5.32 Å². The van der Waals surface area contributed by atoms with E-state index in [2.05, 4.69) is 66.9 Å². The van der Waals surface area contributed by atoms with Crippen LogP contribution in [0.5, 0.6) is 0 Å². The fourth-order valence-corrected chi connectivity index (χ4v) is 7.10. The molecule has 2 aliphatic rings. The lowest BCUT2D eigenvalue weighted by Gasteiger charge is -2.46. The summed E-state index contributed by atoms with van der Waals surface area (Å²) in [7, 11) is 0. The SMILES string of the molecule is C/C=C/CC/C=C/CC/C=C/C(O)C(COC1OC(CO)C(OC2OC(CO)C(O)C(O)C2O)C(O)C1O)NC(=O)CCCCCCCC/C=C\C/C=C\C/C=C\CCCCC. The Kier molecular flexibility index (Phi) is 31.2. The summed E-state index contributed by atoms with van der Waals surface area (Å²) < 4.78 is 22.6. The fraction of sp³-hybridized carbons (Fsp3) is 0.729. The van der Waals surface area contributed by atoms with E-state index < -0.39 is 86.8 Å². The number of aliphatic hydroxyl groups excluding tert-OH is 8. The Morgan fingerprint density at radius 3 is 1.77 bits per heavy atom. The Morgan fingerprint density at radius 2 is 1.15 bits per heavy atom. The first-order valence-electron chi connectivity index (χ1n) is 23.1. The van der Waals surface area contributed by atoms with Crippen LogP contribution < -0.4 is 5.32 Å². The van der Waals surface area contributed by atoms with Gasteiger partial charge in [0.1, 0.15) is 48.8 Å². The van der Waals surface area contributed by atoms with Crippen molar-refractivity contribution < 1.29 is 64.6 Å². The first-order chi connectivity index (χ1) is 30.1. The van der Waals surface area contributed by atoms with Crippen molar-refractivity contribution in [2.75, 3.05) is 19.8 Å². The summed E-state index contributed by atoms with van der Waals surface area (Å²) in [5, 5.41) is 86.3. The van der Waals surface area contributed by atoms with Gasteiger partial charge in [-0.25, -0.2) is 0 Å². The molecule has 12 atom stereocenters. The summed E-state index contributed by atoms with van der Waals surface area (Å²) in [4.78, 5) is 13.1. The van der Waals surface area contributed by atoms with Crippen LogP contribution in [0, 0.1) is 0 Å². The lowest BCUT2D eigenvalue weighted by atomic mass is 9.97. The summed E-state index contributed by atoms with van der Waals surface area (Å²) in [5.41, 5.74) is 0. The second kappa shape index (κ2) is 34.8. The molecule has 2 aliphatic heterocycles. The minimum atomic E-state index is -1.79. The van der Waals surface area contributed by atoms with Gasteiger partial charge in [0, 0.05) is 6.42 Å². The third kappa shape index (κ3) is 22.4. The molecule has 14 nitrogen and oxygen atoms in total. The Balaban J connectivity index is 1.86. The molecule has 62 heavy (non-hydrogen) atoms. The highest BCUT2D eigenvalue weighted by Crippen LogP contribution is 2.30. The van der Waals surface area contributed by atoms with E-state index in [1.54, 1.807) is 6.08 Å². The molecule has 0 bridgehead atoms. The van der Waals surface area contributed by atoms with E-state index in [-0.39, 0.29) is 18.9 Å². The van der Waals surface area contributed by atoms with E-state index in [1.807, 2.05) is 19.1 Å². The van der Waals surface area contributed by atoms with Gasteiger partial charge in [0.2, 0.25) is 5.91 Å². The Morgan fingerprint density at radius 1 is 0.613 bits per heavy atom. The van der Waals surface area contributed by atoms with Crippen molar-refractivity contribution in [2.45, 2.75) is 203 Å². The van der Waals surface area contributed by atoms with E-state index >= 15 is 0 Å². The van der Waals surface area contributed by atoms with Crippen molar-refractivity contribution >= 4 is 5.91 Å². The maximum absolute atomic E-state index is 13.1. The molecule has 2 heterocycles. The number of hydrogen-bond donors (Lipinski definition) is 9. The molecular formula is C48H81NO13. The van der Waals surface area contributed by atoms with E-state index in [9.17, 15) is 45.6 Å². The zero-order chi connectivity index (χ0) is 45.4. The maximum Gasteiger partial charge on any atom is 0.220 e. The normalized spacial score (nSPS) is 28.4. The topological polar surface area (TPSA) is 228 Å². The summed E-state index contributed by atoms with van der Waals surface area (Å²) >= 11 is 0. The number of carbonyl (C=O) groups is 1. The molecule has 356 valence electrons. The molecular weight excluding hydrogens is 799 g/mol. The molecule has 0 aromatic rings. The van der Waals surface area contributed by atoms with Gasteiger partial charge in [-0.1, -0.05) is 118 Å². The molecule has 0 radical (unpaired) electrons. The highest BCUT2D eigenvalue weighted by Gasteiger charge is 2.50. The van der Waals surface area contributed by atoms with Gasteiger partial charge in [0.15, 0.2) is 12.6 Å². The predicted molar refractivity (Wildman–Crippen MR) is 240 cm³/mol. The van der Waals surface area contributed by atoms with E-state index in [0.717, 1.165) is 70.6 Å². The average Bonchev–Trinajstić information content (AvgIpc) is 3.27. The third-order valence-corrected chi connectivity index (χ3v) is 10.9. The standard InChI is InChI=1S/C48H81NO13/c1-3-5-7-9-11-13-14-15-16-17-18-19-20-21-22-24-26-28-30-32-40(53)49-36(37(52)31-29-27-25-23-12-10-8-6-4-2)35-59-47-45(58)43(56)46(39(34-51)61-47)62-48-44(57)42(55)41(54)38(33-50)60-48/h4,6,11-13,15-16,18-19,23,29,31,36-39,41-48,50-52,54-58H,3,5,7-10,14,17,20-22,24-28,30,32-35H2,1-2H3,(H,49,53)/b6-4+,13-11-,16-15-,19-18-,23-12+,31-29+.